The van der Waals surface area contributed by atoms with Crippen LogP contribution in [0, 0.1) is 6.92 Å². The molecule has 1 amide bonds. The van der Waals surface area contributed by atoms with Crippen LogP contribution in [0.2, 0.25) is 5.02 Å². The van der Waals surface area contributed by atoms with Gasteiger partial charge in [0.25, 0.3) is 0 Å². The van der Waals surface area contributed by atoms with E-state index in [1.165, 1.54) is 5.57 Å². The molecule has 0 heterocycles. The average molecular weight is 569 g/mol. The summed E-state index contributed by atoms with van der Waals surface area (Å²) in [7, 11) is 6.11. The quantitative estimate of drug-likeness (QED) is 0.147. The van der Waals surface area contributed by atoms with Gasteiger partial charge in [0.2, 0.25) is 5.91 Å². The Morgan fingerprint density at radius 3 is 2.41 bits per heavy atom. The highest BCUT2D eigenvalue weighted by molar-refractivity contribution is 7.89. The average Bonchev–Trinajstić information content (AvgIpc) is 2.84. The number of allylic oxidation sites excluding steroid dienone is 1. The van der Waals surface area contributed by atoms with Crippen LogP contribution in [0.3, 0.4) is 0 Å². The van der Waals surface area contributed by atoms with Gasteiger partial charge in [0, 0.05) is 76.0 Å². The van der Waals surface area contributed by atoms with Gasteiger partial charge in [0.05, 0.1) is 17.1 Å². The minimum Gasteiger partial charge on any atom is -0.369 e. The lowest BCUT2D eigenvalue weighted by molar-refractivity contribution is -0.129. The molecule has 6 nitrogen and oxygen atoms in total. The Bertz CT molecular complexity index is 975. The molecule has 37 heavy (non-hydrogen) atoms. The second-order valence-corrected chi connectivity index (χ2v) is 11.6. The topological polar surface area (TPSA) is 56.2 Å². The fourth-order valence-corrected chi connectivity index (χ4v) is 4.17. The third-order valence-corrected chi connectivity index (χ3v) is 7.35. The van der Waals surface area contributed by atoms with Gasteiger partial charge >= 0.3 is 0 Å². The number of thiol groups is 1. The lowest BCUT2D eigenvalue weighted by Gasteiger charge is -2.29. The van der Waals surface area contributed by atoms with Crippen LogP contribution in [0.4, 0.5) is 0 Å². The molecule has 0 bridgehead atoms. The minimum atomic E-state index is -1.30. The predicted octanol–water partition coefficient (Wildman–Crippen LogP) is 5.52. The molecule has 1 unspecified atom stereocenters. The van der Waals surface area contributed by atoms with Gasteiger partial charge in [-0.2, -0.15) is 12.6 Å². The molecule has 0 saturated carbocycles. The maximum Gasteiger partial charge on any atom is 0.223 e. The Morgan fingerprint density at radius 2 is 1.89 bits per heavy atom. The Hall–Kier alpha value is -1.87. The molecular weight excluding hydrogens is 524 g/mol. The minimum absolute atomic E-state index is 0.0130. The zero-order chi connectivity index (χ0) is 28.5. The van der Waals surface area contributed by atoms with Crippen molar-refractivity contribution in [2.75, 3.05) is 53.6 Å². The van der Waals surface area contributed by atoms with Gasteiger partial charge in [-0.1, -0.05) is 35.9 Å². The number of hydrogen-bond donors (Lipinski definition) is 1. The number of likely N-dealkylation sites (N-methyl/N-ethyl adjacent to an activating group) is 1. The Morgan fingerprint density at radius 1 is 1.24 bits per heavy atom. The van der Waals surface area contributed by atoms with Crippen LogP contribution < -0.4 is 0 Å². The smallest absolute Gasteiger partial charge is 0.223 e. The number of benzene rings is 1. The summed E-state index contributed by atoms with van der Waals surface area (Å²) in [5.74, 6) is 0.247. The van der Waals surface area contributed by atoms with Gasteiger partial charge in [-0.3, -0.25) is 18.9 Å². The standard InChI is InChI=1S/C24H35ClN2O2S2.C4H10N2/c1-18(2)27(16-19(3)17-30)13-12-26(6)24(28)11-14-31(29)21(5)8-9-22-15-23(25)10-7-20(22)4;1-5-4-6(2)3/h7-10,15,17-18,30H,5,11-14,16H2,1-4,6H3;4H,1-3H3/b9-8-,19-17+;. The Balaban J connectivity index is 0.00000192. The zero-order valence-corrected chi connectivity index (χ0v) is 26.2. The predicted molar refractivity (Wildman–Crippen MR) is 167 cm³/mol. The van der Waals surface area contributed by atoms with E-state index >= 15 is 0 Å². The van der Waals surface area contributed by atoms with Crippen molar-refractivity contribution in [2.45, 2.75) is 40.2 Å². The number of halogens is 1. The first kappa shape index (κ1) is 35.1. The zero-order valence-electron chi connectivity index (χ0n) is 23.7. The largest absolute Gasteiger partial charge is 0.369 e. The molecule has 1 atom stereocenters. The van der Waals surface area contributed by atoms with E-state index in [2.05, 4.69) is 42.9 Å². The maximum atomic E-state index is 12.5. The maximum absolute atomic E-state index is 12.5. The third-order valence-electron chi connectivity index (χ3n) is 5.38. The summed E-state index contributed by atoms with van der Waals surface area (Å²) in [6.45, 7) is 14.4. The van der Waals surface area contributed by atoms with E-state index in [-0.39, 0.29) is 18.1 Å². The first-order chi connectivity index (χ1) is 17.3. The number of rotatable bonds is 13. The molecule has 1 aromatic carbocycles. The van der Waals surface area contributed by atoms with Crippen molar-refractivity contribution in [1.82, 2.24) is 14.7 Å². The van der Waals surface area contributed by atoms with Crippen molar-refractivity contribution in [2.24, 2.45) is 4.99 Å². The molecule has 0 N–H and O–H groups in total. The second-order valence-electron chi connectivity index (χ2n) is 9.29. The number of amides is 1. The summed E-state index contributed by atoms with van der Waals surface area (Å²) in [5, 5.41) is 2.47. The van der Waals surface area contributed by atoms with Crippen molar-refractivity contribution in [3.8, 4) is 0 Å². The number of carbonyl (C=O) groups is 1. The van der Waals surface area contributed by atoms with Gasteiger partial charge in [-0.15, -0.1) is 0 Å². The molecule has 1 rings (SSSR count). The lowest BCUT2D eigenvalue weighted by Crippen LogP contribution is -2.40. The SMILES string of the molecule is C=C(/C=C\c1cc(Cl)ccc1C)S(=O)CCC(=O)N(C)CCN(C/C(C)=C/S)C(C)C.CN=CN(C)C. The van der Waals surface area contributed by atoms with Gasteiger partial charge in [-0.05, 0) is 62.4 Å². The molecule has 9 heteroatoms. The molecule has 0 fully saturated rings. The van der Waals surface area contributed by atoms with Crippen molar-refractivity contribution in [3.63, 3.8) is 0 Å². The monoisotopic (exact) mass is 568 g/mol. The number of carbonyl (C=O) groups excluding carboxylic acids is 1. The highest BCUT2D eigenvalue weighted by Crippen LogP contribution is 2.18. The molecule has 0 spiro atoms. The Labute approximate surface area is 238 Å². The summed E-state index contributed by atoms with van der Waals surface area (Å²) in [5.41, 5.74) is 3.21. The third kappa shape index (κ3) is 15.9. The van der Waals surface area contributed by atoms with Gasteiger partial charge in [0.15, 0.2) is 0 Å². The van der Waals surface area contributed by atoms with Crippen molar-refractivity contribution in [3.05, 3.63) is 62.9 Å². The summed E-state index contributed by atoms with van der Waals surface area (Å²) >= 11 is 10.2. The van der Waals surface area contributed by atoms with Crippen LogP contribution >= 0.6 is 24.2 Å². The normalized spacial score (nSPS) is 12.7. The van der Waals surface area contributed by atoms with E-state index in [0.717, 1.165) is 24.2 Å². The summed E-state index contributed by atoms with van der Waals surface area (Å²) in [6, 6.07) is 6.00. The summed E-state index contributed by atoms with van der Waals surface area (Å²) in [6.07, 6.45) is 5.57. The van der Waals surface area contributed by atoms with Crippen LogP contribution in [-0.4, -0.2) is 90.8 Å². The van der Waals surface area contributed by atoms with Gasteiger partial charge in [0.1, 0.15) is 0 Å². The highest BCUT2D eigenvalue weighted by Gasteiger charge is 2.15. The molecule has 0 radical (unpaired) electrons. The van der Waals surface area contributed by atoms with Crippen molar-refractivity contribution >= 4 is 53.4 Å². The van der Waals surface area contributed by atoms with E-state index in [4.69, 9.17) is 11.6 Å². The van der Waals surface area contributed by atoms with E-state index < -0.39 is 10.8 Å². The highest BCUT2D eigenvalue weighted by atomic mass is 35.5. The van der Waals surface area contributed by atoms with E-state index in [1.807, 2.05) is 62.5 Å². The summed E-state index contributed by atoms with van der Waals surface area (Å²) < 4.78 is 12.5. The molecule has 0 aliphatic carbocycles. The van der Waals surface area contributed by atoms with E-state index in [1.54, 1.807) is 31.4 Å². The molecule has 208 valence electrons. The fourth-order valence-electron chi connectivity index (χ4n) is 3.07. The van der Waals surface area contributed by atoms with Crippen LogP contribution in [-0.2, 0) is 15.6 Å². The summed E-state index contributed by atoms with van der Waals surface area (Å²) in [4.78, 5) is 22.6. The molecule has 0 aromatic heterocycles. The van der Waals surface area contributed by atoms with E-state index in [0.29, 0.717) is 22.5 Å². The van der Waals surface area contributed by atoms with Gasteiger partial charge in [-0.25, -0.2) is 0 Å². The number of aryl methyl sites for hydroxylation is 1. The Kier molecular flexibility index (Phi) is 18.3. The van der Waals surface area contributed by atoms with Crippen LogP contribution in [0.25, 0.3) is 6.08 Å². The number of nitrogens with zero attached hydrogens (tertiary/aromatic N) is 4. The molecule has 1 aromatic rings. The van der Waals surface area contributed by atoms with Crippen LogP contribution in [0.1, 0.15) is 38.3 Å². The fraction of sp³-hybridized carbons (Fsp3) is 0.500. The van der Waals surface area contributed by atoms with E-state index in [9.17, 15) is 9.00 Å². The first-order valence-electron chi connectivity index (χ1n) is 12.2. The van der Waals surface area contributed by atoms with Crippen molar-refractivity contribution in [1.29, 1.82) is 0 Å². The molecule has 0 aliphatic rings. The number of hydrogen-bond acceptors (Lipinski definition) is 5. The molecule has 0 aliphatic heterocycles. The van der Waals surface area contributed by atoms with Gasteiger partial charge < -0.3 is 9.80 Å². The first-order valence-corrected chi connectivity index (χ1v) is 14.4. The second kappa shape index (κ2) is 19.2. The molecular formula is C28H45ClN4O2S2. The van der Waals surface area contributed by atoms with Crippen molar-refractivity contribution < 1.29 is 9.00 Å². The number of aliphatic imine (C=N–C) groups is 1. The molecule has 0 saturated heterocycles. The van der Waals surface area contributed by atoms with Crippen LogP contribution in [0.5, 0.6) is 0 Å². The van der Waals surface area contributed by atoms with Crippen LogP contribution in [0.15, 0.2) is 51.7 Å². The lowest BCUT2D eigenvalue weighted by atomic mass is 10.1.